The van der Waals surface area contributed by atoms with Crippen LogP contribution in [0.2, 0.25) is 0 Å². The molecule has 0 radical (unpaired) electrons. The fourth-order valence-corrected chi connectivity index (χ4v) is 2.24. The topological polar surface area (TPSA) is 82.2 Å². The van der Waals surface area contributed by atoms with Crippen molar-refractivity contribution in [2.75, 3.05) is 6.54 Å². The predicted molar refractivity (Wildman–Crippen MR) is 69.9 cm³/mol. The summed E-state index contributed by atoms with van der Waals surface area (Å²) in [5.74, 6) is -1.06. The van der Waals surface area contributed by atoms with Gasteiger partial charge in [-0.2, -0.15) is 0 Å². The first-order chi connectivity index (χ1) is 9.12. The van der Waals surface area contributed by atoms with Crippen LogP contribution in [0.15, 0.2) is 30.5 Å². The van der Waals surface area contributed by atoms with Crippen molar-refractivity contribution in [1.82, 2.24) is 10.3 Å². The maximum Gasteiger partial charge on any atom is 0.311 e. The molecule has 2 aromatic rings. The molecule has 1 fully saturated rings. The van der Waals surface area contributed by atoms with Crippen molar-refractivity contribution in [3.63, 3.8) is 0 Å². The highest BCUT2D eigenvalue weighted by Crippen LogP contribution is 2.45. The Morgan fingerprint density at radius 2 is 2.11 bits per heavy atom. The molecule has 0 spiro atoms. The summed E-state index contributed by atoms with van der Waals surface area (Å²) in [5.41, 5.74) is 0.586. The molecule has 19 heavy (non-hydrogen) atoms. The lowest BCUT2D eigenvalue weighted by atomic mass is 10.1. The van der Waals surface area contributed by atoms with Gasteiger partial charge in [-0.1, -0.05) is 12.1 Å². The molecule has 1 aliphatic rings. The van der Waals surface area contributed by atoms with Crippen molar-refractivity contribution < 1.29 is 14.7 Å². The third-order valence-electron chi connectivity index (χ3n) is 3.73. The highest BCUT2D eigenvalue weighted by molar-refractivity contribution is 6.05. The minimum Gasteiger partial charge on any atom is -0.481 e. The molecule has 1 saturated carbocycles. The van der Waals surface area contributed by atoms with Gasteiger partial charge in [0.05, 0.1) is 16.5 Å². The number of aromatic nitrogens is 1. The van der Waals surface area contributed by atoms with Gasteiger partial charge in [0.25, 0.3) is 5.91 Å². The second-order valence-corrected chi connectivity index (χ2v) is 5.02. The molecule has 3 rings (SSSR count). The number of carbonyl (C=O) groups is 2. The van der Waals surface area contributed by atoms with E-state index in [1.54, 1.807) is 12.3 Å². The smallest absolute Gasteiger partial charge is 0.311 e. The summed E-state index contributed by atoms with van der Waals surface area (Å²) >= 11 is 0. The molecule has 0 saturated heterocycles. The third-order valence-corrected chi connectivity index (χ3v) is 3.73. The number of hydrogen-bond donors (Lipinski definition) is 3. The molecule has 0 unspecified atom stereocenters. The van der Waals surface area contributed by atoms with E-state index in [4.69, 9.17) is 5.11 Å². The van der Waals surface area contributed by atoms with Crippen LogP contribution in [-0.4, -0.2) is 28.5 Å². The molecule has 1 aliphatic carbocycles. The van der Waals surface area contributed by atoms with E-state index in [2.05, 4.69) is 10.3 Å². The lowest BCUT2D eigenvalue weighted by molar-refractivity contribution is -0.143. The van der Waals surface area contributed by atoms with Crippen LogP contribution in [0.5, 0.6) is 0 Å². The number of hydrogen-bond acceptors (Lipinski definition) is 2. The average Bonchev–Trinajstić information content (AvgIpc) is 3.05. The number of para-hydroxylation sites is 1. The molecule has 1 aromatic carbocycles. The number of aromatic amines is 1. The normalized spacial score (nSPS) is 16.2. The molecule has 0 bridgehead atoms. The number of nitrogens with one attached hydrogen (secondary N) is 2. The quantitative estimate of drug-likeness (QED) is 0.781. The monoisotopic (exact) mass is 258 g/mol. The van der Waals surface area contributed by atoms with Gasteiger partial charge in [-0.15, -0.1) is 0 Å². The number of amides is 1. The van der Waals surface area contributed by atoms with Crippen LogP contribution in [0.4, 0.5) is 0 Å². The molecule has 5 heteroatoms. The minimum absolute atomic E-state index is 0.193. The van der Waals surface area contributed by atoms with Crippen molar-refractivity contribution in [3.8, 4) is 0 Å². The number of carboxylic acids is 1. The molecule has 0 aliphatic heterocycles. The first-order valence-corrected chi connectivity index (χ1v) is 6.20. The maximum atomic E-state index is 12.1. The fraction of sp³-hybridized carbons (Fsp3) is 0.286. The Bertz CT molecular complexity index is 656. The summed E-state index contributed by atoms with van der Waals surface area (Å²) in [6.07, 6.45) is 3.05. The summed E-state index contributed by atoms with van der Waals surface area (Å²) < 4.78 is 0. The van der Waals surface area contributed by atoms with E-state index in [0.717, 1.165) is 10.9 Å². The Balaban J connectivity index is 1.78. The maximum absolute atomic E-state index is 12.1. The Kier molecular flexibility index (Phi) is 2.55. The number of carboxylic acid groups (broad SMARTS) is 1. The van der Waals surface area contributed by atoms with Crippen LogP contribution in [0, 0.1) is 5.41 Å². The molecule has 1 heterocycles. The van der Waals surface area contributed by atoms with Crippen molar-refractivity contribution >= 4 is 22.8 Å². The molecule has 0 atom stereocenters. The Morgan fingerprint density at radius 3 is 2.79 bits per heavy atom. The van der Waals surface area contributed by atoms with E-state index in [-0.39, 0.29) is 12.5 Å². The molecule has 1 aromatic heterocycles. The number of benzene rings is 1. The SMILES string of the molecule is O=C(NCC1(C(=O)O)CC1)c1cccc2cc[nH]c12. The van der Waals surface area contributed by atoms with Crippen molar-refractivity contribution in [2.24, 2.45) is 5.41 Å². The van der Waals surface area contributed by atoms with Crippen LogP contribution in [0.1, 0.15) is 23.2 Å². The van der Waals surface area contributed by atoms with E-state index in [9.17, 15) is 9.59 Å². The van der Waals surface area contributed by atoms with Crippen molar-refractivity contribution in [2.45, 2.75) is 12.8 Å². The van der Waals surface area contributed by atoms with Gasteiger partial charge in [-0.25, -0.2) is 0 Å². The standard InChI is InChI=1S/C14H14N2O3/c17-12(16-8-14(5-6-14)13(18)19)10-3-1-2-9-4-7-15-11(9)10/h1-4,7,15H,5-6,8H2,(H,16,17)(H,18,19). The van der Waals surface area contributed by atoms with Gasteiger partial charge in [-0.3, -0.25) is 9.59 Å². The highest BCUT2D eigenvalue weighted by atomic mass is 16.4. The lowest BCUT2D eigenvalue weighted by Crippen LogP contribution is -2.34. The van der Waals surface area contributed by atoms with Gasteiger partial charge in [0.1, 0.15) is 0 Å². The van der Waals surface area contributed by atoms with E-state index in [1.165, 1.54) is 0 Å². The summed E-state index contributed by atoms with van der Waals surface area (Å²) in [6, 6.07) is 7.36. The molecule has 3 N–H and O–H groups in total. The van der Waals surface area contributed by atoms with Gasteiger partial charge < -0.3 is 15.4 Å². The van der Waals surface area contributed by atoms with E-state index in [1.807, 2.05) is 18.2 Å². The van der Waals surface area contributed by atoms with Crippen LogP contribution >= 0.6 is 0 Å². The Hall–Kier alpha value is -2.30. The van der Waals surface area contributed by atoms with E-state index in [0.29, 0.717) is 18.4 Å². The summed E-state index contributed by atoms with van der Waals surface area (Å²) in [5, 5.41) is 12.8. The van der Waals surface area contributed by atoms with Gasteiger partial charge in [0.15, 0.2) is 0 Å². The summed E-state index contributed by atoms with van der Waals surface area (Å²) in [7, 11) is 0. The number of aliphatic carboxylic acids is 1. The Morgan fingerprint density at radius 1 is 1.32 bits per heavy atom. The lowest BCUT2D eigenvalue weighted by Gasteiger charge is -2.11. The number of fused-ring (bicyclic) bond motifs is 1. The van der Waals surface area contributed by atoms with Crippen LogP contribution < -0.4 is 5.32 Å². The second-order valence-electron chi connectivity index (χ2n) is 5.02. The summed E-state index contributed by atoms with van der Waals surface area (Å²) in [6.45, 7) is 0.193. The van der Waals surface area contributed by atoms with Crippen LogP contribution in [-0.2, 0) is 4.79 Å². The average molecular weight is 258 g/mol. The number of rotatable bonds is 4. The largest absolute Gasteiger partial charge is 0.481 e. The zero-order valence-electron chi connectivity index (χ0n) is 10.3. The van der Waals surface area contributed by atoms with Gasteiger partial charge >= 0.3 is 5.97 Å². The molecular weight excluding hydrogens is 244 g/mol. The van der Waals surface area contributed by atoms with Crippen molar-refractivity contribution in [1.29, 1.82) is 0 Å². The van der Waals surface area contributed by atoms with Crippen LogP contribution in [0.25, 0.3) is 10.9 Å². The first-order valence-electron chi connectivity index (χ1n) is 6.20. The minimum atomic E-state index is -0.828. The van der Waals surface area contributed by atoms with Crippen LogP contribution in [0.3, 0.4) is 0 Å². The summed E-state index contributed by atoms with van der Waals surface area (Å²) in [4.78, 5) is 26.2. The molecular formula is C14H14N2O3. The fourth-order valence-electron chi connectivity index (χ4n) is 2.24. The zero-order valence-corrected chi connectivity index (χ0v) is 10.3. The van der Waals surface area contributed by atoms with E-state index >= 15 is 0 Å². The van der Waals surface area contributed by atoms with Crippen molar-refractivity contribution in [3.05, 3.63) is 36.0 Å². The number of H-pyrrole nitrogens is 1. The van der Waals surface area contributed by atoms with Gasteiger partial charge in [0, 0.05) is 18.1 Å². The first kappa shape index (κ1) is 11.8. The molecule has 98 valence electrons. The van der Waals surface area contributed by atoms with Gasteiger partial charge in [0.2, 0.25) is 0 Å². The Labute approximate surface area is 109 Å². The predicted octanol–water partition coefficient (Wildman–Crippen LogP) is 1.76. The second kappa shape index (κ2) is 4.12. The zero-order chi connectivity index (χ0) is 13.5. The molecule has 5 nitrogen and oxygen atoms in total. The number of carbonyl (C=O) groups excluding carboxylic acids is 1. The third kappa shape index (κ3) is 1.97. The highest BCUT2D eigenvalue weighted by Gasteiger charge is 2.50. The van der Waals surface area contributed by atoms with Gasteiger partial charge in [-0.05, 0) is 25.0 Å². The van der Waals surface area contributed by atoms with E-state index < -0.39 is 11.4 Å². The molecule has 1 amide bonds.